The zero-order chi connectivity index (χ0) is 17.6. The van der Waals surface area contributed by atoms with Crippen molar-refractivity contribution < 1.29 is 9.59 Å². The summed E-state index contributed by atoms with van der Waals surface area (Å²) in [5, 5.41) is 5.93. The van der Waals surface area contributed by atoms with Crippen molar-refractivity contribution in [2.45, 2.75) is 51.0 Å². The number of carbonyl (C=O) groups excluding carboxylic acids is 2. The van der Waals surface area contributed by atoms with E-state index in [1.165, 1.54) is 19.3 Å². The lowest BCUT2D eigenvalue weighted by Gasteiger charge is -2.32. The molecule has 136 valence electrons. The van der Waals surface area contributed by atoms with Crippen LogP contribution in [0.5, 0.6) is 0 Å². The zero-order valence-electron chi connectivity index (χ0n) is 14.7. The van der Waals surface area contributed by atoms with Crippen LogP contribution in [0.25, 0.3) is 0 Å². The van der Waals surface area contributed by atoms with E-state index < -0.39 is 0 Å². The molecule has 1 aliphatic carbocycles. The van der Waals surface area contributed by atoms with Gasteiger partial charge in [0, 0.05) is 19.1 Å². The fourth-order valence-electron chi connectivity index (χ4n) is 3.96. The molecule has 25 heavy (non-hydrogen) atoms. The highest BCUT2D eigenvalue weighted by Gasteiger charge is 2.30. The number of nitrogens with two attached hydrogens (primary N) is 1. The van der Waals surface area contributed by atoms with Gasteiger partial charge < -0.3 is 21.3 Å². The second kappa shape index (κ2) is 8.23. The first-order chi connectivity index (χ1) is 12.1. The number of primary amides is 1. The number of rotatable bonds is 4. The third-order valence-corrected chi connectivity index (χ3v) is 5.30. The van der Waals surface area contributed by atoms with Crippen LogP contribution in [0.4, 0.5) is 16.2 Å². The van der Waals surface area contributed by atoms with Crippen LogP contribution in [0, 0.1) is 5.92 Å². The topological polar surface area (TPSA) is 87.5 Å². The molecule has 1 aromatic carbocycles. The van der Waals surface area contributed by atoms with E-state index in [2.05, 4.69) is 15.5 Å². The predicted octanol–water partition coefficient (Wildman–Crippen LogP) is 2.84. The lowest BCUT2D eigenvalue weighted by molar-refractivity contribution is -0.123. The van der Waals surface area contributed by atoms with Gasteiger partial charge in [-0.25, -0.2) is 4.79 Å². The van der Waals surface area contributed by atoms with Gasteiger partial charge in [-0.15, -0.1) is 0 Å². The minimum atomic E-state index is -0.321. The summed E-state index contributed by atoms with van der Waals surface area (Å²) in [5.74, 6) is -0.587. The molecule has 4 N–H and O–H groups in total. The van der Waals surface area contributed by atoms with Gasteiger partial charge >= 0.3 is 6.03 Å². The first-order valence-corrected chi connectivity index (χ1v) is 9.36. The largest absolute Gasteiger partial charge is 0.370 e. The SMILES string of the molecule is NC(=O)[C@H]1CCCC[C@H]1NC(=O)Nc1ccccc1N1CCCCC1. The molecule has 0 unspecified atom stereocenters. The first-order valence-electron chi connectivity index (χ1n) is 9.36. The molecule has 2 fully saturated rings. The van der Waals surface area contributed by atoms with Gasteiger partial charge in [0.05, 0.1) is 17.3 Å². The summed E-state index contributed by atoms with van der Waals surface area (Å²) in [6, 6.07) is 7.47. The Labute approximate surface area is 149 Å². The molecule has 2 aliphatic rings. The predicted molar refractivity (Wildman–Crippen MR) is 99.6 cm³/mol. The second-order valence-electron chi connectivity index (χ2n) is 7.06. The number of nitrogens with one attached hydrogen (secondary N) is 2. The molecule has 0 radical (unpaired) electrons. The van der Waals surface area contributed by atoms with Crippen molar-refractivity contribution in [2.75, 3.05) is 23.3 Å². The number of piperidine rings is 1. The molecule has 1 aliphatic heterocycles. The Hall–Kier alpha value is -2.24. The number of nitrogens with zero attached hydrogens (tertiary/aromatic N) is 1. The van der Waals surface area contributed by atoms with E-state index in [1.54, 1.807) is 0 Å². The number of anilines is 2. The maximum Gasteiger partial charge on any atom is 0.319 e. The van der Waals surface area contributed by atoms with E-state index in [0.717, 1.165) is 50.1 Å². The lowest BCUT2D eigenvalue weighted by atomic mass is 9.84. The van der Waals surface area contributed by atoms with Gasteiger partial charge in [0.15, 0.2) is 0 Å². The Kier molecular flexibility index (Phi) is 5.79. The van der Waals surface area contributed by atoms with Crippen molar-refractivity contribution in [3.05, 3.63) is 24.3 Å². The van der Waals surface area contributed by atoms with E-state index in [4.69, 9.17) is 5.73 Å². The van der Waals surface area contributed by atoms with Gasteiger partial charge in [-0.05, 0) is 44.2 Å². The van der Waals surface area contributed by atoms with E-state index in [9.17, 15) is 9.59 Å². The van der Waals surface area contributed by atoms with Crippen LogP contribution in [0.3, 0.4) is 0 Å². The molecular formula is C19H28N4O2. The summed E-state index contributed by atoms with van der Waals surface area (Å²) in [6.45, 7) is 2.04. The van der Waals surface area contributed by atoms with Crippen molar-refractivity contribution in [1.82, 2.24) is 5.32 Å². The monoisotopic (exact) mass is 344 g/mol. The molecule has 1 heterocycles. The number of benzene rings is 1. The molecule has 0 aromatic heterocycles. The Balaban J connectivity index is 1.65. The molecule has 1 saturated carbocycles. The fraction of sp³-hybridized carbons (Fsp3) is 0.579. The molecule has 6 nitrogen and oxygen atoms in total. The molecule has 3 amide bonds. The minimum absolute atomic E-state index is 0.173. The van der Waals surface area contributed by atoms with Gasteiger partial charge in [0.25, 0.3) is 0 Å². The zero-order valence-corrected chi connectivity index (χ0v) is 14.7. The highest BCUT2D eigenvalue weighted by atomic mass is 16.2. The summed E-state index contributed by atoms with van der Waals surface area (Å²) in [5.41, 5.74) is 7.37. The van der Waals surface area contributed by atoms with Crippen LogP contribution in [-0.2, 0) is 4.79 Å². The fourth-order valence-corrected chi connectivity index (χ4v) is 3.96. The van der Waals surface area contributed by atoms with Crippen LogP contribution in [0.2, 0.25) is 0 Å². The Bertz CT molecular complexity index is 613. The third kappa shape index (κ3) is 4.44. The summed E-state index contributed by atoms with van der Waals surface area (Å²) in [4.78, 5) is 26.4. The normalized spacial score (nSPS) is 23.8. The standard InChI is InChI=1S/C19H28N4O2/c20-18(24)14-8-2-3-9-15(14)21-19(25)22-16-10-4-5-11-17(16)23-12-6-1-7-13-23/h4-5,10-11,14-15H,1-3,6-9,12-13H2,(H2,20,24)(H2,21,22,25)/t14-,15+/m0/s1. The molecule has 0 spiro atoms. The number of hydrogen-bond acceptors (Lipinski definition) is 3. The summed E-state index contributed by atoms with van der Waals surface area (Å²) in [7, 11) is 0. The van der Waals surface area contributed by atoms with Crippen molar-refractivity contribution in [1.29, 1.82) is 0 Å². The van der Waals surface area contributed by atoms with Crippen LogP contribution >= 0.6 is 0 Å². The van der Waals surface area contributed by atoms with Crippen molar-refractivity contribution in [2.24, 2.45) is 11.7 Å². The number of urea groups is 1. The van der Waals surface area contributed by atoms with Gasteiger partial charge in [-0.2, -0.15) is 0 Å². The molecular weight excluding hydrogens is 316 g/mol. The van der Waals surface area contributed by atoms with Crippen molar-refractivity contribution >= 4 is 23.3 Å². The van der Waals surface area contributed by atoms with E-state index in [0.29, 0.717) is 0 Å². The van der Waals surface area contributed by atoms with Crippen molar-refractivity contribution in [3.8, 4) is 0 Å². The highest BCUT2D eigenvalue weighted by Crippen LogP contribution is 2.29. The maximum atomic E-state index is 12.5. The van der Waals surface area contributed by atoms with Gasteiger partial charge in [0.1, 0.15) is 0 Å². The second-order valence-corrected chi connectivity index (χ2v) is 7.06. The molecule has 1 saturated heterocycles. The summed E-state index contributed by atoms with van der Waals surface area (Å²) in [6.07, 6.45) is 7.19. The lowest BCUT2D eigenvalue weighted by Crippen LogP contribution is -2.48. The Morgan fingerprint density at radius 3 is 2.48 bits per heavy atom. The van der Waals surface area contributed by atoms with Crippen LogP contribution in [-0.4, -0.2) is 31.1 Å². The summed E-state index contributed by atoms with van der Waals surface area (Å²) < 4.78 is 0. The number of para-hydroxylation sites is 2. The van der Waals surface area contributed by atoms with Crippen LogP contribution in [0.1, 0.15) is 44.9 Å². The average Bonchev–Trinajstić information content (AvgIpc) is 2.63. The maximum absolute atomic E-state index is 12.5. The summed E-state index contributed by atoms with van der Waals surface area (Å²) >= 11 is 0. The van der Waals surface area contributed by atoms with Gasteiger partial charge in [0.2, 0.25) is 5.91 Å². The Morgan fingerprint density at radius 1 is 1.00 bits per heavy atom. The van der Waals surface area contributed by atoms with Gasteiger partial charge in [-0.3, -0.25) is 4.79 Å². The molecule has 2 atom stereocenters. The molecule has 3 rings (SSSR count). The first kappa shape index (κ1) is 17.6. The van der Waals surface area contributed by atoms with Gasteiger partial charge in [-0.1, -0.05) is 25.0 Å². The Morgan fingerprint density at radius 2 is 1.72 bits per heavy atom. The van der Waals surface area contributed by atoms with E-state index in [1.807, 2.05) is 24.3 Å². The average molecular weight is 344 g/mol. The molecule has 0 bridgehead atoms. The quantitative estimate of drug-likeness (QED) is 0.785. The highest BCUT2D eigenvalue weighted by molar-refractivity contribution is 5.93. The molecule has 6 heteroatoms. The molecule has 1 aromatic rings. The van der Waals surface area contributed by atoms with Crippen LogP contribution in [0.15, 0.2) is 24.3 Å². The van der Waals surface area contributed by atoms with Crippen LogP contribution < -0.4 is 21.3 Å². The minimum Gasteiger partial charge on any atom is -0.370 e. The number of carbonyl (C=O) groups is 2. The third-order valence-electron chi connectivity index (χ3n) is 5.30. The van der Waals surface area contributed by atoms with E-state index in [-0.39, 0.29) is 23.9 Å². The smallest absolute Gasteiger partial charge is 0.319 e. The van der Waals surface area contributed by atoms with Crippen molar-refractivity contribution in [3.63, 3.8) is 0 Å². The van der Waals surface area contributed by atoms with E-state index >= 15 is 0 Å². The number of amides is 3. The number of hydrogen-bond donors (Lipinski definition) is 3.